The van der Waals surface area contributed by atoms with Gasteiger partial charge >= 0.3 is 0 Å². The molecule has 0 aliphatic carbocycles. The number of anilines is 1. The van der Waals surface area contributed by atoms with Crippen LogP contribution in [0.1, 0.15) is 19.5 Å². The van der Waals surface area contributed by atoms with Crippen molar-refractivity contribution in [3.8, 4) is 0 Å². The van der Waals surface area contributed by atoms with Gasteiger partial charge in [0.25, 0.3) is 0 Å². The maximum absolute atomic E-state index is 4.99. The van der Waals surface area contributed by atoms with Crippen LogP contribution in [0.2, 0.25) is 0 Å². The van der Waals surface area contributed by atoms with Gasteiger partial charge in [-0.2, -0.15) is 0 Å². The van der Waals surface area contributed by atoms with Crippen LogP contribution in [-0.4, -0.2) is 29.8 Å². The van der Waals surface area contributed by atoms with Crippen LogP contribution in [0.25, 0.3) is 0 Å². The third-order valence-electron chi connectivity index (χ3n) is 2.05. The Labute approximate surface area is 91.7 Å². The summed E-state index contributed by atoms with van der Waals surface area (Å²) in [4.78, 5) is 4.43. The SMILES string of the molecule is COCCNc1nc(C)cn1CC(C)C. The molecule has 0 saturated carbocycles. The van der Waals surface area contributed by atoms with Gasteiger partial charge in [-0.15, -0.1) is 0 Å². The van der Waals surface area contributed by atoms with Crippen molar-refractivity contribution >= 4 is 5.95 Å². The molecule has 0 spiro atoms. The zero-order valence-electron chi connectivity index (χ0n) is 10.1. The standard InChI is InChI=1S/C11H21N3O/c1-9(2)7-14-8-10(3)13-11(14)12-5-6-15-4/h8-9H,5-7H2,1-4H3,(H,12,13). The molecule has 0 bridgehead atoms. The number of nitrogens with zero attached hydrogens (tertiary/aromatic N) is 2. The summed E-state index contributed by atoms with van der Waals surface area (Å²) in [6.07, 6.45) is 2.08. The van der Waals surface area contributed by atoms with Crippen molar-refractivity contribution in [2.75, 3.05) is 25.6 Å². The molecule has 1 aromatic heterocycles. The van der Waals surface area contributed by atoms with Crippen molar-refractivity contribution in [1.82, 2.24) is 9.55 Å². The van der Waals surface area contributed by atoms with Crippen LogP contribution < -0.4 is 5.32 Å². The Hall–Kier alpha value is -1.03. The molecular weight excluding hydrogens is 190 g/mol. The smallest absolute Gasteiger partial charge is 0.203 e. The lowest BCUT2D eigenvalue weighted by molar-refractivity contribution is 0.210. The minimum absolute atomic E-state index is 0.626. The first-order valence-electron chi connectivity index (χ1n) is 5.40. The summed E-state index contributed by atoms with van der Waals surface area (Å²) in [7, 11) is 1.70. The molecular formula is C11H21N3O. The molecule has 4 nitrogen and oxygen atoms in total. The van der Waals surface area contributed by atoms with Gasteiger partial charge in [-0.3, -0.25) is 0 Å². The topological polar surface area (TPSA) is 39.1 Å². The normalized spacial score (nSPS) is 11.0. The van der Waals surface area contributed by atoms with Gasteiger partial charge in [-0.25, -0.2) is 4.98 Å². The van der Waals surface area contributed by atoms with Gasteiger partial charge in [-0.05, 0) is 12.8 Å². The van der Waals surface area contributed by atoms with E-state index >= 15 is 0 Å². The molecule has 0 aromatic carbocycles. The largest absolute Gasteiger partial charge is 0.383 e. The highest BCUT2D eigenvalue weighted by atomic mass is 16.5. The Balaban J connectivity index is 2.59. The molecule has 0 unspecified atom stereocenters. The van der Waals surface area contributed by atoms with E-state index in [2.05, 4.69) is 34.9 Å². The van der Waals surface area contributed by atoms with E-state index < -0.39 is 0 Å². The fraction of sp³-hybridized carbons (Fsp3) is 0.727. The number of imidazole rings is 1. The summed E-state index contributed by atoms with van der Waals surface area (Å²) in [5.41, 5.74) is 1.05. The molecule has 15 heavy (non-hydrogen) atoms. The number of hydrogen-bond acceptors (Lipinski definition) is 3. The highest BCUT2D eigenvalue weighted by Crippen LogP contribution is 2.10. The van der Waals surface area contributed by atoms with E-state index in [1.807, 2.05) is 6.92 Å². The first kappa shape index (κ1) is 12.0. The van der Waals surface area contributed by atoms with Crippen LogP contribution >= 0.6 is 0 Å². The molecule has 1 aromatic rings. The van der Waals surface area contributed by atoms with E-state index in [0.29, 0.717) is 12.5 Å². The number of rotatable bonds is 6. The molecule has 0 fully saturated rings. The summed E-state index contributed by atoms with van der Waals surface area (Å²) in [6, 6.07) is 0. The van der Waals surface area contributed by atoms with Crippen molar-refractivity contribution in [3.63, 3.8) is 0 Å². The van der Waals surface area contributed by atoms with E-state index in [4.69, 9.17) is 4.74 Å². The van der Waals surface area contributed by atoms with Gasteiger partial charge in [0.15, 0.2) is 0 Å². The molecule has 0 aliphatic heterocycles. The van der Waals surface area contributed by atoms with Gasteiger partial charge < -0.3 is 14.6 Å². The molecule has 4 heteroatoms. The second-order valence-electron chi connectivity index (χ2n) is 4.17. The second kappa shape index (κ2) is 5.75. The molecule has 0 radical (unpaired) electrons. The fourth-order valence-corrected chi connectivity index (χ4v) is 1.49. The summed E-state index contributed by atoms with van der Waals surface area (Å²) >= 11 is 0. The fourth-order valence-electron chi connectivity index (χ4n) is 1.49. The van der Waals surface area contributed by atoms with E-state index in [1.54, 1.807) is 7.11 Å². The van der Waals surface area contributed by atoms with Crippen molar-refractivity contribution in [3.05, 3.63) is 11.9 Å². The van der Waals surface area contributed by atoms with Gasteiger partial charge in [0, 0.05) is 26.4 Å². The van der Waals surface area contributed by atoms with Gasteiger partial charge in [0.1, 0.15) is 0 Å². The number of hydrogen-bond donors (Lipinski definition) is 1. The molecule has 1 N–H and O–H groups in total. The summed E-state index contributed by atoms with van der Waals surface area (Å²) in [6.45, 7) is 8.91. The van der Waals surface area contributed by atoms with Crippen LogP contribution in [0.4, 0.5) is 5.95 Å². The lowest BCUT2D eigenvalue weighted by atomic mass is 10.2. The first-order valence-corrected chi connectivity index (χ1v) is 5.40. The predicted octanol–water partition coefficient (Wildman–Crippen LogP) is 1.91. The van der Waals surface area contributed by atoms with Gasteiger partial charge in [-0.1, -0.05) is 13.8 Å². The first-order chi connectivity index (χ1) is 7.13. The lowest BCUT2D eigenvalue weighted by Gasteiger charge is -2.11. The summed E-state index contributed by atoms with van der Waals surface area (Å²) in [5.74, 6) is 1.57. The number of aryl methyl sites for hydroxylation is 1. The Morgan fingerprint density at radius 2 is 2.27 bits per heavy atom. The van der Waals surface area contributed by atoms with E-state index in [-0.39, 0.29) is 0 Å². The maximum Gasteiger partial charge on any atom is 0.203 e. The van der Waals surface area contributed by atoms with Crippen LogP contribution in [0.5, 0.6) is 0 Å². The predicted molar refractivity (Wildman–Crippen MR) is 62.2 cm³/mol. The van der Waals surface area contributed by atoms with Crippen LogP contribution in [0, 0.1) is 12.8 Å². The van der Waals surface area contributed by atoms with Crippen molar-refractivity contribution in [2.45, 2.75) is 27.3 Å². The maximum atomic E-state index is 4.99. The minimum atomic E-state index is 0.626. The average Bonchev–Trinajstić information content (AvgIpc) is 2.46. The number of ether oxygens (including phenoxy) is 1. The van der Waals surface area contributed by atoms with Crippen molar-refractivity contribution < 1.29 is 4.74 Å². The number of nitrogens with one attached hydrogen (secondary N) is 1. The quantitative estimate of drug-likeness (QED) is 0.730. The Morgan fingerprint density at radius 3 is 2.87 bits per heavy atom. The van der Waals surface area contributed by atoms with E-state index in [0.717, 1.165) is 24.7 Å². The zero-order valence-corrected chi connectivity index (χ0v) is 10.1. The van der Waals surface area contributed by atoms with Crippen molar-refractivity contribution in [1.29, 1.82) is 0 Å². The molecule has 86 valence electrons. The Morgan fingerprint density at radius 1 is 1.53 bits per heavy atom. The van der Waals surface area contributed by atoms with Crippen molar-refractivity contribution in [2.24, 2.45) is 5.92 Å². The number of aromatic nitrogens is 2. The second-order valence-corrected chi connectivity index (χ2v) is 4.17. The Bertz CT molecular complexity index is 294. The number of methoxy groups -OCH3 is 1. The highest BCUT2D eigenvalue weighted by Gasteiger charge is 2.05. The average molecular weight is 211 g/mol. The third-order valence-corrected chi connectivity index (χ3v) is 2.05. The highest BCUT2D eigenvalue weighted by molar-refractivity contribution is 5.28. The summed E-state index contributed by atoms with van der Waals surface area (Å²) in [5, 5.41) is 3.27. The minimum Gasteiger partial charge on any atom is -0.383 e. The monoisotopic (exact) mass is 211 g/mol. The van der Waals surface area contributed by atoms with Crippen LogP contribution in [0.15, 0.2) is 6.20 Å². The Kier molecular flexibility index (Phi) is 4.62. The summed E-state index contributed by atoms with van der Waals surface area (Å²) < 4.78 is 7.15. The van der Waals surface area contributed by atoms with Crippen LogP contribution in [-0.2, 0) is 11.3 Å². The van der Waals surface area contributed by atoms with Crippen LogP contribution in [0.3, 0.4) is 0 Å². The third kappa shape index (κ3) is 3.91. The van der Waals surface area contributed by atoms with E-state index in [1.165, 1.54) is 0 Å². The molecule has 0 aliphatic rings. The van der Waals surface area contributed by atoms with Gasteiger partial charge in [0.2, 0.25) is 5.95 Å². The molecule has 0 atom stereocenters. The zero-order chi connectivity index (χ0) is 11.3. The molecule has 1 heterocycles. The lowest BCUT2D eigenvalue weighted by Crippen LogP contribution is -2.13. The molecule has 0 saturated heterocycles. The van der Waals surface area contributed by atoms with Gasteiger partial charge in [0.05, 0.1) is 12.3 Å². The van der Waals surface area contributed by atoms with E-state index in [9.17, 15) is 0 Å². The molecule has 0 amide bonds. The molecule has 1 rings (SSSR count).